The molecule has 2 fully saturated rings. The molecule has 1 aliphatic heterocycles. The van der Waals surface area contributed by atoms with Crippen LogP contribution in [0.5, 0.6) is 0 Å². The topological polar surface area (TPSA) is 69.6 Å². The van der Waals surface area contributed by atoms with Gasteiger partial charge in [-0.3, -0.25) is 0 Å². The molecule has 1 aliphatic carbocycles. The van der Waals surface area contributed by atoms with Crippen LogP contribution in [0.15, 0.2) is 0 Å². The van der Waals surface area contributed by atoms with Gasteiger partial charge in [0, 0.05) is 12.1 Å². The number of likely N-dealkylation sites (tertiary alicyclic amines) is 1. The fourth-order valence-corrected chi connectivity index (χ4v) is 3.70. The first kappa shape index (κ1) is 15.1. The average Bonchev–Trinajstić information content (AvgIpc) is 2.84. The minimum atomic E-state index is -1.00. The third-order valence-electron chi connectivity index (χ3n) is 5.08. The molecule has 2 aliphatic rings. The molecule has 0 bridgehead atoms. The molecule has 0 aromatic rings. The Morgan fingerprint density at radius 1 is 1.15 bits per heavy atom. The maximum atomic E-state index is 12.5. The summed E-state index contributed by atoms with van der Waals surface area (Å²) in [5.41, 5.74) is -1.18. The molecule has 2 rings (SSSR count). The molecule has 0 aromatic heterocycles. The molecular formula is C15H26N2O3. The van der Waals surface area contributed by atoms with Crippen molar-refractivity contribution >= 4 is 12.0 Å². The minimum absolute atomic E-state index is 0.171. The summed E-state index contributed by atoms with van der Waals surface area (Å²) in [5, 5.41) is 12.6. The predicted molar refractivity (Wildman–Crippen MR) is 76.6 cm³/mol. The Kier molecular flexibility index (Phi) is 4.25. The molecule has 20 heavy (non-hydrogen) atoms. The summed E-state index contributed by atoms with van der Waals surface area (Å²) in [6, 6.07) is -0.198. The van der Waals surface area contributed by atoms with Crippen molar-refractivity contribution in [3.63, 3.8) is 0 Å². The largest absolute Gasteiger partial charge is 0.479 e. The van der Waals surface area contributed by atoms with Crippen molar-refractivity contribution in [3.05, 3.63) is 0 Å². The fraction of sp³-hybridized carbons (Fsp3) is 0.867. The van der Waals surface area contributed by atoms with Crippen LogP contribution in [0.4, 0.5) is 4.79 Å². The number of aliphatic carboxylic acids is 1. The lowest BCUT2D eigenvalue weighted by molar-refractivity contribution is -0.148. The summed E-state index contributed by atoms with van der Waals surface area (Å²) < 4.78 is 0. The number of carboxylic acid groups (broad SMARTS) is 1. The van der Waals surface area contributed by atoms with Gasteiger partial charge in [0.05, 0.1) is 0 Å². The van der Waals surface area contributed by atoms with E-state index in [0.29, 0.717) is 19.4 Å². The van der Waals surface area contributed by atoms with Gasteiger partial charge in [-0.05, 0) is 39.0 Å². The number of urea groups is 1. The van der Waals surface area contributed by atoms with E-state index in [0.717, 1.165) is 32.1 Å². The van der Waals surface area contributed by atoms with Crippen LogP contribution in [-0.2, 0) is 4.79 Å². The molecule has 0 radical (unpaired) electrons. The number of amides is 2. The van der Waals surface area contributed by atoms with Crippen LogP contribution in [-0.4, -0.2) is 39.6 Å². The third-order valence-corrected chi connectivity index (χ3v) is 5.08. The number of rotatable bonds is 3. The average molecular weight is 282 g/mol. The smallest absolute Gasteiger partial charge is 0.329 e. The summed E-state index contributed by atoms with van der Waals surface area (Å²) in [7, 11) is 0. The van der Waals surface area contributed by atoms with E-state index in [9.17, 15) is 14.7 Å². The number of carboxylic acids is 1. The molecule has 5 heteroatoms. The summed E-state index contributed by atoms with van der Waals surface area (Å²) in [5.74, 6) is -0.874. The molecule has 1 atom stereocenters. The SMILES string of the molecule is CCC1(C(=O)O)CCCN1C(=O)NC1(C)CCCCC1. The Bertz CT molecular complexity index is 391. The molecule has 5 nitrogen and oxygen atoms in total. The standard InChI is InChI=1S/C15H26N2O3/c1-3-15(12(18)19)10-7-11-17(15)13(20)16-14(2)8-5-4-6-9-14/h3-11H2,1-2H3,(H,16,20)(H,18,19). The van der Waals surface area contributed by atoms with E-state index in [1.54, 1.807) is 4.90 Å². The third kappa shape index (κ3) is 2.63. The first-order valence-corrected chi connectivity index (χ1v) is 7.77. The minimum Gasteiger partial charge on any atom is -0.479 e. The lowest BCUT2D eigenvalue weighted by Crippen LogP contribution is -2.59. The van der Waals surface area contributed by atoms with Gasteiger partial charge in [0.1, 0.15) is 5.54 Å². The molecule has 114 valence electrons. The maximum Gasteiger partial charge on any atom is 0.329 e. The Balaban J connectivity index is 2.09. The molecule has 1 saturated carbocycles. The van der Waals surface area contributed by atoms with Crippen molar-refractivity contribution in [3.8, 4) is 0 Å². The number of carbonyl (C=O) groups excluding carboxylic acids is 1. The number of nitrogens with zero attached hydrogens (tertiary/aromatic N) is 1. The molecule has 2 N–H and O–H groups in total. The summed E-state index contributed by atoms with van der Waals surface area (Å²) in [4.78, 5) is 25.7. The fourth-order valence-electron chi connectivity index (χ4n) is 3.70. The van der Waals surface area contributed by atoms with Crippen LogP contribution in [0.25, 0.3) is 0 Å². The molecular weight excluding hydrogens is 256 g/mol. The molecule has 0 aromatic carbocycles. The van der Waals surface area contributed by atoms with Crippen LogP contribution in [0.3, 0.4) is 0 Å². The monoisotopic (exact) mass is 282 g/mol. The van der Waals surface area contributed by atoms with Crippen LogP contribution >= 0.6 is 0 Å². The first-order valence-electron chi connectivity index (χ1n) is 7.77. The van der Waals surface area contributed by atoms with Gasteiger partial charge in [-0.1, -0.05) is 26.2 Å². The molecule has 2 amide bonds. The van der Waals surface area contributed by atoms with Crippen molar-refractivity contribution in [1.82, 2.24) is 10.2 Å². The maximum absolute atomic E-state index is 12.5. The predicted octanol–water partition coefficient (Wildman–Crippen LogP) is 2.75. The van der Waals surface area contributed by atoms with E-state index in [4.69, 9.17) is 0 Å². The van der Waals surface area contributed by atoms with Crippen LogP contribution in [0.2, 0.25) is 0 Å². The van der Waals surface area contributed by atoms with Gasteiger partial charge in [0.25, 0.3) is 0 Å². The number of hydrogen-bond donors (Lipinski definition) is 2. The summed E-state index contributed by atoms with van der Waals surface area (Å²) in [6.07, 6.45) is 7.25. The Hall–Kier alpha value is -1.26. The van der Waals surface area contributed by atoms with Crippen molar-refractivity contribution in [1.29, 1.82) is 0 Å². The van der Waals surface area contributed by atoms with Gasteiger partial charge in [-0.25, -0.2) is 9.59 Å². The van der Waals surface area contributed by atoms with Gasteiger partial charge >= 0.3 is 12.0 Å². The number of nitrogens with one attached hydrogen (secondary N) is 1. The Labute approximate surface area is 120 Å². The molecule has 1 saturated heterocycles. The van der Waals surface area contributed by atoms with Gasteiger partial charge in [-0.15, -0.1) is 0 Å². The normalized spacial score (nSPS) is 29.2. The molecule has 0 spiro atoms. The van der Waals surface area contributed by atoms with E-state index in [1.807, 2.05) is 6.92 Å². The first-order chi connectivity index (χ1) is 9.43. The van der Waals surface area contributed by atoms with Gasteiger partial charge in [0.2, 0.25) is 0 Å². The van der Waals surface area contributed by atoms with E-state index in [-0.39, 0.29) is 11.6 Å². The van der Waals surface area contributed by atoms with Gasteiger partial charge in [0.15, 0.2) is 0 Å². The zero-order valence-electron chi connectivity index (χ0n) is 12.6. The van der Waals surface area contributed by atoms with E-state index >= 15 is 0 Å². The summed E-state index contributed by atoms with van der Waals surface area (Å²) >= 11 is 0. The van der Waals surface area contributed by atoms with Crippen LogP contribution < -0.4 is 5.32 Å². The highest BCUT2D eigenvalue weighted by molar-refractivity contribution is 5.87. The highest BCUT2D eigenvalue weighted by Gasteiger charge is 2.49. The lowest BCUT2D eigenvalue weighted by atomic mass is 9.83. The van der Waals surface area contributed by atoms with Crippen LogP contribution in [0, 0.1) is 0 Å². The zero-order chi connectivity index (χ0) is 14.8. The second kappa shape index (κ2) is 5.62. The highest BCUT2D eigenvalue weighted by atomic mass is 16.4. The second-order valence-corrected chi connectivity index (χ2v) is 6.50. The summed E-state index contributed by atoms with van der Waals surface area (Å²) in [6.45, 7) is 4.47. The van der Waals surface area contributed by atoms with Crippen molar-refractivity contribution < 1.29 is 14.7 Å². The molecule has 1 heterocycles. The van der Waals surface area contributed by atoms with E-state index in [1.165, 1.54) is 6.42 Å². The lowest BCUT2D eigenvalue weighted by Gasteiger charge is -2.39. The quantitative estimate of drug-likeness (QED) is 0.836. The number of carbonyl (C=O) groups is 2. The van der Waals surface area contributed by atoms with Crippen molar-refractivity contribution in [2.45, 2.75) is 76.3 Å². The number of hydrogen-bond acceptors (Lipinski definition) is 2. The van der Waals surface area contributed by atoms with Crippen molar-refractivity contribution in [2.24, 2.45) is 0 Å². The Morgan fingerprint density at radius 2 is 1.80 bits per heavy atom. The van der Waals surface area contributed by atoms with Gasteiger partial charge in [-0.2, -0.15) is 0 Å². The van der Waals surface area contributed by atoms with E-state index in [2.05, 4.69) is 12.2 Å². The Morgan fingerprint density at radius 3 is 2.35 bits per heavy atom. The highest BCUT2D eigenvalue weighted by Crippen LogP contribution is 2.34. The van der Waals surface area contributed by atoms with Gasteiger partial charge < -0.3 is 15.3 Å². The van der Waals surface area contributed by atoms with Crippen LogP contribution in [0.1, 0.15) is 65.2 Å². The molecule has 1 unspecified atom stereocenters. The second-order valence-electron chi connectivity index (χ2n) is 6.50. The van der Waals surface area contributed by atoms with E-state index < -0.39 is 11.5 Å². The van der Waals surface area contributed by atoms with Crippen molar-refractivity contribution in [2.75, 3.05) is 6.54 Å². The zero-order valence-corrected chi connectivity index (χ0v) is 12.6.